The minimum Gasteiger partial charge on any atom is -0.339 e. The first-order valence-corrected chi connectivity index (χ1v) is 9.09. The molecule has 0 bridgehead atoms. The molecule has 0 aliphatic heterocycles. The first-order valence-electron chi connectivity index (χ1n) is 8.71. The van der Waals surface area contributed by atoms with Gasteiger partial charge in [-0.2, -0.15) is 4.80 Å². The van der Waals surface area contributed by atoms with Crippen molar-refractivity contribution in [3.8, 4) is 11.4 Å². The van der Waals surface area contributed by atoms with Crippen LogP contribution in [0.2, 0.25) is 5.02 Å². The zero-order chi connectivity index (χ0) is 19.1. The van der Waals surface area contributed by atoms with Crippen LogP contribution in [-0.4, -0.2) is 50.6 Å². The fourth-order valence-electron chi connectivity index (χ4n) is 2.67. The highest BCUT2D eigenvalue weighted by Gasteiger charge is 2.16. The number of carbonyl (C=O) groups is 1. The molecule has 7 nitrogen and oxygen atoms in total. The van der Waals surface area contributed by atoms with Crippen LogP contribution in [0.4, 0.5) is 0 Å². The molecule has 140 valence electrons. The van der Waals surface area contributed by atoms with Crippen molar-refractivity contribution < 1.29 is 4.79 Å². The predicted octanol–water partition coefficient (Wildman–Crippen LogP) is 2.02. The summed E-state index contributed by atoms with van der Waals surface area (Å²) in [6.07, 6.45) is 0.771. The molecular weight excluding hydrogens is 364 g/mol. The van der Waals surface area contributed by atoms with Crippen LogP contribution >= 0.6 is 11.6 Å². The van der Waals surface area contributed by atoms with Crippen LogP contribution in [0.25, 0.3) is 11.4 Å². The van der Waals surface area contributed by atoms with Crippen molar-refractivity contribution in [2.24, 2.45) is 5.73 Å². The summed E-state index contributed by atoms with van der Waals surface area (Å²) in [5, 5.41) is 12.9. The molecule has 0 aliphatic rings. The maximum atomic E-state index is 12.6. The number of nitrogens with two attached hydrogens (primary N) is 1. The van der Waals surface area contributed by atoms with Crippen molar-refractivity contribution >= 4 is 17.5 Å². The zero-order valence-electron chi connectivity index (χ0n) is 14.8. The monoisotopic (exact) mass is 384 g/mol. The van der Waals surface area contributed by atoms with Gasteiger partial charge in [0, 0.05) is 30.2 Å². The number of rotatable bonds is 8. The first kappa shape index (κ1) is 19.0. The molecule has 27 heavy (non-hydrogen) atoms. The Bertz CT molecular complexity index is 865. The standard InChI is InChI=1S/C19H21ClN6O/c20-17-8-6-16(7-9-17)19-22-24-26(23-19)14-18(27)25(13-11-21)12-10-15-4-2-1-3-5-15/h1-9H,10-14,21H2. The summed E-state index contributed by atoms with van der Waals surface area (Å²) in [5.74, 6) is 0.366. The fraction of sp³-hybridized carbons (Fsp3) is 0.263. The zero-order valence-corrected chi connectivity index (χ0v) is 15.6. The van der Waals surface area contributed by atoms with Crippen LogP contribution in [0.3, 0.4) is 0 Å². The first-order chi connectivity index (χ1) is 13.2. The van der Waals surface area contributed by atoms with Crippen LogP contribution in [0.5, 0.6) is 0 Å². The third-order valence-electron chi connectivity index (χ3n) is 4.10. The number of aromatic nitrogens is 4. The highest BCUT2D eigenvalue weighted by molar-refractivity contribution is 6.30. The van der Waals surface area contributed by atoms with Crippen LogP contribution in [0, 0.1) is 0 Å². The summed E-state index contributed by atoms with van der Waals surface area (Å²) < 4.78 is 0. The van der Waals surface area contributed by atoms with Gasteiger partial charge in [0.25, 0.3) is 0 Å². The van der Waals surface area contributed by atoms with E-state index in [0.717, 1.165) is 12.0 Å². The second kappa shape index (κ2) is 9.25. The van der Waals surface area contributed by atoms with Gasteiger partial charge in [-0.25, -0.2) is 0 Å². The minimum absolute atomic E-state index is 0.0232. The number of nitrogens with zero attached hydrogens (tertiary/aromatic N) is 5. The third kappa shape index (κ3) is 5.35. The Balaban J connectivity index is 1.62. The van der Waals surface area contributed by atoms with Gasteiger partial charge >= 0.3 is 0 Å². The molecular formula is C19H21ClN6O. The van der Waals surface area contributed by atoms with E-state index in [0.29, 0.717) is 30.5 Å². The topological polar surface area (TPSA) is 89.9 Å². The Kier molecular flexibility index (Phi) is 6.51. The number of hydrogen-bond acceptors (Lipinski definition) is 5. The summed E-state index contributed by atoms with van der Waals surface area (Å²) >= 11 is 5.89. The second-order valence-electron chi connectivity index (χ2n) is 6.06. The molecule has 0 atom stereocenters. The third-order valence-corrected chi connectivity index (χ3v) is 4.35. The van der Waals surface area contributed by atoms with Gasteiger partial charge in [-0.1, -0.05) is 41.9 Å². The molecule has 0 spiro atoms. The van der Waals surface area contributed by atoms with E-state index in [1.165, 1.54) is 10.4 Å². The van der Waals surface area contributed by atoms with E-state index >= 15 is 0 Å². The normalized spacial score (nSPS) is 10.7. The molecule has 0 aliphatic carbocycles. The number of hydrogen-bond donors (Lipinski definition) is 1. The molecule has 2 N–H and O–H groups in total. The van der Waals surface area contributed by atoms with Crippen LogP contribution < -0.4 is 5.73 Å². The largest absolute Gasteiger partial charge is 0.339 e. The van der Waals surface area contributed by atoms with Crippen LogP contribution in [0.1, 0.15) is 5.56 Å². The minimum atomic E-state index is -0.0866. The summed E-state index contributed by atoms with van der Waals surface area (Å²) in [5.41, 5.74) is 7.64. The number of amides is 1. The van der Waals surface area contributed by atoms with E-state index in [1.54, 1.807) is 17.0 Å². The average Bonchev–Trinajstić information content (AvgIpc) is 3.15. The van der Waals surface area contributed by atoms with Gasteiger partial charge in [0.1, 0.15) is 6.54 Å². The fourth-order valence-corrected chi connectivity index (χ4v) is 2.80. The maximum absolute atomic E-state index is 12.6. The van der Waals surface area contributed by atoms with E-state index in [2.05, 4.69) is 15.4 Å². The van der Waals surface area contributed by atoms with Gasteiger partial charge in [-0.3, -0.25) is 4.79 Å². The average molecular weight is 385 g/mol. The molecule has 3 aromatic rings. The van der Waals surface area contributed by atoms with Gasteiger partial charge in [0.15, 0.2) is 0 Å². The highest BCUT2D eigenvalue weighted by atomic mass is 35.5. The van der Waals surface area contributed by atoms with Gasteiger partial charge < -0.3 is 10.6 Å². The second-order valence-corrected chi connectivity index (χ2v) is 6.49. The quantitative estimate of drug-likeness (QED) is 0.641. The predicted molar refractivity (Wildman–Crippen MR) is 104 cm³/mol. The molecule has 8 heteroatoms. The van der Waals surface area contributed by atoms with Crippen molar-refractivity contribution in [1.82, 2.24) is 25.1 Å². The van der Waals surface area contributed by atoms with Crippen LogP contribution in [-0.2, 0) is 17.8 Å². The van der Waals surface area contributed by atoms with E-state index in [4.69, 9.17) is 17.3 Å². The Morgan fingerprint density at radius 3 is 2.52 bits per heavy atom. The molecule has 0 fully saturated rings. The van der Waals surface area contributed by atoms with E-state index < -0.39 is 0 Å². The summed E-state index contributed by atoms with van der Waals surface area (Å²) in [7, 11) is 0. The number of benzene rings is 2. The summed E-state index contributed by atoms with van der Waals surface area (Å²) in [6, 6.07) is 17.2. The molecule has 1 amide bonds. The molecule has 1 aromatic heterocycles. The Morgan fingerprint density at radius 2 is 1.81 bits per heavy atom. The van der Waals surface area contributed by atoms with Gasteiger partial charge in [0.2, 0.25) is 11.7 Å². The lowest BCUT2D eigenvalue weighted by atomic mass is 10.1. The smallest absolute Gasteiger partial charge is 0.246 e. The summed E-state index contributed by atoms with van der Waals surface area (Å²) in [4.78, 5) is 15.7. The number of carbonyl (C=O) groups excluding carboxylic acids is 1. The van der Waals surface area contributed by atoms with E-state index in [9.17, 15) is 4.79 Å². The number of halogens is 1. The molecule has 0 radical (unpaired) electrons. The maximum Gasteiger partial charge on any atom is 0.246 e. The van der Waals surface area contributed by atoms with Crippen molar-refractivity contribution in [2.45, 2.75) is 13.0 Å². The van der Waals surface area contributed by atoms with Crippen molar-refractivity contribution in [1.29, 1.82) is 0 Å². The molecule has 2 aromatic carbocycles. The van der Waals surface area contributed by atoms with Gasteiger partial charge in [-0.05, 0) is 41.5 Å². The molecule has 0 unspecified atom stereocenters. The van der Waals surface area contributed by atoms with Crippen molar-refractivity contribution in [2.75, 3.05) is 19.6 Å². The summed E-state index contributed by atoms with van der Waals surface area (Å²) in [6.45, 7) is 1.51. The molecule has 1 heterocycles. The van der Waals surface area contributed by atoms with E-state index in [-0.39, 0.29) is 12.5 Å². The van der Waals surface area contributed by atoms with E-state index in [1.807, 2.05) is 42.5 Å². The number of tetrazole rings is 1. The Labute approximate surface area is 162 Å². The lowest BCUT2D eigenvalue weighted by Gasteiger charge is -2.21. The SMILES string of the molecule is NCCN(CCc1ccccc1)C(=O)Cn1nnc(-c2ccc(Cl)cc2)n1. The highest BCUT2D eigenvalue weighted by Crippen LogP contribution is 2.16. The lowest BCUT2D eigenvalue weighted by Crippen LogP contribution is -2.39. The molecule has 3 rings (SSSR count). The Morgan fingerprint density at radius 1 is 1.07 bits per heavy atom. The Hall–Kier alpha value is -2.77. The van der Waals surface area contributed by atoms with Gasteiger partial charge in [0.05, 0.1) is 0 Å². The lowest BCUT2D eigenvalue weighted by molar-refractivity contribution is -0.132. The molecule has 0 saturated heterocycles. The van der Waals surface area contributed by atoms with Gasteiger partial charge in [-0.15, -0.1) is 10.2 Å². The van der Waals surface area contributed by atoms with Crippen molar-refractivity contribution in [3.63, 3.8) is 0 Å². The van der Waals surface area contributed by atoms with Crippen molar-refractivity contribution in [3.05, 3.63) is 65.2 Å². The molecule has 0 saturated carbocycles. The van der Waals surface area contributed by atoms with Crippen LogP contribution in [0.15, 0.2) is 54.6 Å².